The second-order valence-electron chi connectivity index (χ2n) is 5.60. The summed E-state index contributed by atoms with van der Waals surface area (Å²) in [4.78, 5) is 4.71. The summed E-state index contributed by atoms with van der Waals surface area (Å²) in [6.07, 6.45) is 2.48. The van der Waals surface area contributed by atoms with Crippen LogP contribution in [0.25, 0.3) is 0 Å². The third kappa shape index (κ3) is 4.01. The van der Waals surface area contributed by atoms with E-state index in [1.54, 1.807) is 0 Å². The predicted molar refractivity (Wildman–Crippen MR) is 84.5 cm³/mol. The highest BCUT2D eigenvalue weighted by atomic mass is 35.5. The maximum absolute atomic E-state index is 6.11. The number of alkyl halides is 1. The quantitative estimate of drug-likeness (QED) is 0.779. The van der Waals surface area contributed by atoms with E-state index in [-0.39, 0.29) is 0 Å². The topological polar surface area (TPSA) is 6.48 Å². The summed E-state index contributed by atoms with van der Waals surface area (Å²) in [5.74, 6) is 1.36. The number of halogens is 2. The van der Waals surface area contributed by atoms with Gasteiger partial charge in [-0.15, -0.1) is 11.6 Å². The first-order valence-corrected chi connectivity index (χ1v) is 7.75. The second-order valence-corrected chi connectivity index (χ2v) is 6.30. The molecule has 0 amide bonds. The highest BCUT2D eigenvalue weighted by Crippen LogP contribution is 2.30. The molecule has 0 radical (unpaired) electrons. The molecule has 0 bridgehead atoms. The van der Waals surface area contributed by atoms with Gasteiger partial charge in [-0.1, -0.05) is 17.7 Å². The van der Waals surface area contributed by atoms with Gasteiger partial charge in [-0.25, -0.2) is 0 Å². The van der Waals surface area contributed by atoms with E-state index < -0.39 is 0 Å². The molecule has 2 nitrogen and oxygen atoms in total. The smallest absolute Gasteiger partial charge is 0.0494 e. The Morgan fingerprint density at radius 2 is 1.95 bits per heavy atom. The summed E-state index contributed by atoms with van der Waals surface area (Å²) in [6, 6.07) is 6.00. The molecule has 2 rings (SSSR count). The van der Waals surface area contributed by atoms with Gasteiger partial charge in [-0.3, -0.25) is 0 Å². The minimum atomic E-state index is 0.546. The van der Waals surface area contributed by atoms with Gasteiger partial charge < -0.3 is 9.80 Å². The lowest BCUT2D eigenvalue weighted by atomic mass is 9.95. The molecule has 0 aliphatic carbocycles. The third-order valence-corrected chi connectivity index (χ3v) is 4.29. The Hall–Kier alpha value is -0.440. The number of hydrogen-bond donors (Lipinski definition) is 0. The predicted octanol–water partition coefficient (Wildman–Crippen LogP) is 3.86. The lowest BCUT2D eigenvalue weighted by molar-refractivity contribution is 0.285. The van der Waals surface area contributed by atoms with Crippen LogP contribution in [0.15, 0.2) is 18.2 Å². The van der Waals surface area contributed by atoms with E-state index in [0.717, 1.165) is 24.0 Å². The molecule has 0 saturated carbocycles. The molecule has 1 aliphatic heterocycles. The number of anilines is 1. The minimum Gasteiger partial charge on any atom is -0.371 e. The van der Waals surface area contributed by atoms with Crippen molar-refractivity contribution in [2.24, 2.45) is 5.92 Å². The van der Waals surface area contributed by atoms with Crippen LogP contribution >= 0.6 is 23.2 Å². The molecule has 4 heteroatoms. The van der Waals surface area contributed by atoms with Crippen molar-refractivity contribution in [3.63, 3.8) is 0 Å². The standard InChI is InChI=1S/C15H22Cl2N2/c1-18(2)11-12-5-7-19(8-6-12)15-9-14(17)4-3-13(15)10-16/h3-4,9,12H,5-8,10-11H2,1-2H3. The van der Waals surface area contributed by atoms with Crippen molar-refractivity contribution in [1.29, 1.82) is 0 Å². The van der Waals surface area contributed by atoms with Gasteiger partial charge in [0, 0.05) is 36.2 Å². The Kier molecular flexibility index (Phi) is 5.37. The molecule has 1 saturated heterocycles. The molecule has 0 aromatic heterocycles. The van der Waals surface area contributed by atoms with Crippen LogP contribution in [0, 0.1) is 5.92 Å². The maximum atomic E-state index is 6.11. The van der Waals surface area contributed by atoms with Crippen molar-refractivity contribution in [3.8, 4) is 0 Å². The lowest BCUT2D eigenvalue weighted by Gasteiger charge is -2.35. The zero-order valence-electron chi connectivity index (χ0n) is 11.7. The number of hydrogen-bond acceptors (Lipinski definition) is 2. The monoisotopic (exact) mass is 300 g/mol. The average Bonchev–Trinajstić information content (AvgIpc) is 2.39. The first-order chi connectivity index (χ1) is 9.10. The van der Waals surface area contributed by atoms with Gasteiger partial charge in [0.25, 0.3) is 0 Å². The molecule has 19 heavy (non-hydrogen) atoms. The zero-order valence-corrected chi connectivity index (χ0v) is 13.2. The molecule has 1 aliphatic rings. The second kappa shape index (κ2) is 6.83. The summed E-state index contributed by atoms with van der Waals surface area (Å²) in [5, 5.41) is 0.791. The number of piperidine rings is 1. The van der Waals surface area contributed by atoms with Gasteiger partial charge in [0.2, 0.25) is 0 Å². The molecule has 1 fully saturated rings. The van der Waals surface area contributed by atoms with Crippen molar-refractivity contribution in [2.75, 3.05) is 38.6 Å². The summed E-state index contributed by atoms with van der Waals surface area (Å²) < 4.78 is 0. The summed E-state index contributed by atoms with van der Waals surface area (Å²) in [6.45, 7) is 3.39. The van der Waals surface area contributed by atoms with E-state index in [2.05, 4.69) is 23.9 Å². The largest absolute Gasteiger partial charge is 0.371 e. The van der Waals surface area contributed by atoms with E-state index in [9.17, 15) is 0 Å². The van der Waals surface area contributed by atoms with Crippen LogP contribution in [-0.4, -0.2) is 38.6 Å². The van der Waals surface area contributed by atoms with E-state index in [4.69, 9.17) is 23.2 Å². The van der Waals surface area contributed by atoms with E-state index in [1.165, 1.54) is 30.6 Å². The molecule has 0 spiro atoms. The van der Waals surface area contributed by atoms with E-state index >= 15 is 0 Å². The van der Waals surface area contributed by atoms with Crippen LogP contribution in [0.3, 0.4) is 0 Å². The molecule has 1 aromatic carbocycles. The van der Waals surface area contributed by atoms with Gasteiger partial charge in [0.1, 0.15) is 0 Å². The van der Waals surface area contributed by atoms with Crippen molar-refractivity contribution in [3.05, 3.63) is 28.8 Å². The average molecular weight is 301 g/mol. The number of rotatable bonds is 4. The van der Waals surface area contributed by atoms with Gasteiger partial charge in [-0.2, -0.15) is 0 Å². The Balaban J connectivity index is 2.03. The Morgan fingerprint density at radius 1 is 1.26 bits per heavy atom. The van der Waals surface area contributed by atoms with Crippen LogP contribution in [0.5, 0.6) is 0 Å². The number of nitrogens with zero attached hydrogens (tertiary/aromatic N) is 2. The fraction of sp³-hybridized carbons (Fsp3) is 0.600. The van der Waals surface area contributed by atoms with Crippen LogP contribution in [-0.2, 0) is 5.88 Å². The zero-order chi connectivity index (χ0) is 13.8. The van der Waals surface area contributed by atoms with Gasteiger partial charge in [0.15, 0.2) is 0 Å². The molecule has 0 N–H and O–H groups in total. The minimum absolute atomic E-state index is 0.546. The van der Waals surface area contributed by atoms with Crippen LogP contribution < -0.4 is 4.90 Å². The van der Waals surface area contributed by atoms with Crippen LogP contribution in [0.4, 0.5) is 5.69 Å². The molecular formula is C15H22Cl2N2. The Bertz CT molecular complexity index is 413. The first kappa shape index (κ1) is 15.0. The fourth-order valence-corrected chi connectivity index (χ4v) is 3.21. The summed E-state index contributed by atoms with van der Waals surface area (Å²) >= 11 is 12.1. The van der Waals surface area contributed by atoms with Crippen LogP contribution in [0.1, 0.15) is 18.4 Å². The van der Waals surface area contributed by atoms with Crippen molar-refractivity contribution < 1.29 is 0 Å². The van der Waals surface area contributed by atoms with Crippen molar-refractivity contribution in [1.82, 2.24) is 4.90 Å². The Labute approximate surface area is 126 Å². The first-order valence-electron chi connectivity index (χ1n) is 6.84. The van der Waals surface area contributed by atoms with E-state index in [0.29, 0.717) is 5.88 Å². The molecule has 106 valence electrons. The molecule has 1 aromatic rings. The van der Waals surface area contributed by atoms with Crippen LogP contribution in [0.2, 0.25) is 5.02 Å². The number of benzene rings is 1. The maximum Gasteiger partial charge on any atom is 0.0494 e. The molecular weight excluding hydrogens is 279 g/mol. The highest BCUT2D eigenvalue weighted by molar-refractivity contribution is 6.31. The fourth-order valence-electron chi connectivity index (χ4n) is 2.82. The van der Waals surface area contributed by atoms with Gasteiger partial charge in [0.05, 0.1) is 0 Å². The Morgan fingerprint density at radius 3 is 2.53 bits per heavy atom. The van der Waals surface area contributed by atoms with Crippen molar-refractivity contribution in [2.45, 2.75) is 18.7 Å². The van der Waals surface area contributed by atoms with Gasteiger partial charge >= 0.3 is 0 Å². The third-order valence-electron chi connectivity index (χ3n) is 3.77. The normalized spacial score (nSPS) is 17.2. The molecule has 0 atom stereocenters. The lowest BCUT2D eigenvalue weighted by Crippen LogP contribution is -2.37. The molecule has 1 heterocycles. The summed E-state index contributed by atoms with van der Waals surface area (Å²) in [7, 11) is 4.30. The summed E-state index contributed by atoms with van der Waals surface area (Å²) in [5.41, 5.74) is 2.39. The van der Waals surface area contributed by atoms with Gasteiger partial charge in [-0.05, 0) is 50.6 Å². The SMILES string of the molecule is CN(C)CC1CCN(c2cc(Cl)ccc2CCl)CC1. The van der Waals surface area contributed by atoms with E-state index in [1.807, 2.05) is 18.2 Å². The highest BCUT2D eigenvalue weighted by Gasteiger charge is 2.21. The van der Waals surface area contributed by atoms with Crippen molar-refractivity contribution >= 4 is 28.9 Å². The molecule has 0 unspecified atom stereocenters.